The lowest BCUT2D eigenvalue weighted by molar-refractivity contribution is -0.141. The van der Waals surface area contributed by atoms with Crippen molar-refractivity contribution < 1.29 is 21.6 Å². The maximum atomic E-state index is 12.8. The van der Waals surface area contributed by atoms with Crippen LogP contribution in [0.1, 0.15) is 31.4 Å². The topological polar surface area (TPSA) is 53.5 Å². The van der Waals surface area contributed by atoms with Crippen molar-refractivity contribution in [2.24, 2.45) is 0 Å². The second-order valence-electron chi connectivity index (χ2n) is 6.38. The number of nitrogens with zero attached hydrogens (tertiary/aromatic N) is 3. The van der Waals surface area contributed by atoms with Crippen LogP contribution < -0.4 is 4.90 Å². The molecule has 1 aliphatic carbocycles. The molecule has 24 heavy (non-hydrogen) atoms. The highest BCUT2D eigenvalue weighted by atomic mass is 32.2. The number of sulfonamides is 1. The molecular formula is C15H20F3N3O2S. The summed E-state index contributed by atoms with van der Waals surface area (Å²) < 4.78 is 64.6. The predicted octanol–water partition coefficient (Wildman–Crippen LogP) is 2.49. The van der Waals surface area contributed by atoms with Crippen LogP contribution in [0.5, 0.6) is 0 Å². The smallest absolute Gasteiger partial charge is 0.355 e. The molecule has 0 amide bonds. The minimum atomic E-state index is -4.49. The van der Waals surface area contributed by atoms with E-state index in [1.165, 1.54) is 16.4 Å². The molecule has 1 unspecified atom stereocenters. The standard InChI is InChI=1S/C15H20F3N3O2S/c1-20(24(22,23)12-7-8-12)11-4-3-9-21(10-11)14-6-2-5-13(19-14)15(16,17)18/h2,5-6,11-12H,3-4,7-10H2,1H3. The van der Waals surface area contributed by atoms with Crippen LogP contribution in [0.2, 0.25) is 0 Å². The largest absolute Gasteiger partial charge is 0.433 e. The number of pyridine rings is 1. The Hall–Kier alpha value is -1.35. The van der Waals surface area contributed by atoms with Gasteiger partial charge >= 0.3 is 6.18 Å². The monoisotopic (exact) mass is 363 g/mol. The maximum Gasteiger partial charge on any atom is 0.433 e. The molecule has 1 atom stereocenters. The molecule has 2 aliphatic rings. The number of anilines is 1. The van der Waals surface area contributed by atoms with Gasteiger partial charge in [0, 0.05) is 26.2 Å². The van der Waals surface area contributed by atoms with E-state index in [-0.39, 0.29) is 17.1 Å². The first-order valence-corrected chi connectivity index (χ1v) is 9.46. The molecule has 9 heteroatoms. The Labute approximate surface area is 139 Å². The Morgan fingerprint density at radius 2 is 1.96 bits per heavy atom. The number of rotatable bonds is 4. The average molecular weight is 363 g/mol. The van der Waals surface area contributed by atoms with Gasteiger partial charge in [-0.2, -0.15) is 17.5 Å². The van der Waals surface area contributed by atoms with E-state index < -0.39 is 21.9 Å². The summed E-state index contributed by atoms with van der Waals surface area (Å²) in [6.07, 6.45) is -1.68. The highest BCUT2D eigenvalue weighted by Crippen LogP contribution is 2.33. The number of alkyl halides is 3. The molecule has 0 bridgehead atoms. The van der Waals surface area contributed by atoms with Crippen molar-refractivity contribution in [2.75, 3.05) is 25.0 Å². The summed E-state index contributed by atoms with van der Waals surface area (Å²) in [5, 5.41) is -0.287. The van der Waals surface area contributed by atoms with E-state index in [1.807, 2.05) is 0 Å². The summed E-state index contributed by atoms with van der Waals surface area (Å²) in [7, 11) is -1.73. The molecule has 0 aromatic carbocycles. The van der Waals surface area contributed by atoms with Gasteiger partial charge in [-0.3, -0.25) is 0 Å². The summed E-state index contributed by atoms with van der Waals surface area (Å²) in [6.45, 7) is 0.929. The third kappa shape index (κ3) is 3.51. The van der Waals surface area contributed by atoms with Crippen molar-refractivity contribution in [1.82, 2.24) is 9.29 Å². The molecule has 1 saturated heterocycles. The van der Waals surface area contributed by atoms with Gasteiger partial charge in [-0.25, -0.2) is 13.4 Å². The second kappa shape index (κ2) is 6.18. The van der Waals surface area contributed by atoms with Crippen LogP contribution in [0.3, 0.4) is 0 Å². The Kier molecular flexibility index (Phi) is 4.50. The van der Waals surface area contributed by atoms with E-state index in [0.29, 0.717) is 38.8 Å². The zero-order valence-corrected chi connectivity index (χ0v) is 14.1. The first-order chi connectivity index (χ1) is 11.2. The number of halogens is 3. The molecule has 3 rings (SSSR count). The minimum Gasteiger partial charge on any atom is -0.355 e. The van der Waals surface area contributed by atoms with Gasteiger partial charge in [0.05, 0.1) is 5.25 Å². The summed E-state index contributed by atoms with van der Waals surface area (Å²) in [5.41, 5.74) is -0.930. The van der Waals surface area contributed by atoms with Crippen molar-refractivity contribution in [2.45, 2.75) is 43.2 Å². The lowest BCUT2D eigenvalue weighted by atomic mass is 10.1. The molecule has 5 nitrogen and oxygen atoms in total. The Balaban J connectivity index is 1.76. The van der Waals surface area contributed by atoms with Gasteiger partial charge < -0.3 is 4.90 Å². The van der Waals surface area contributed by atoms with Crippen molar-refractivity contribution in [1.29, 1.82) is 0 Å². The van der Waals surface area contributed by atoms with E-state index >= 15 is 0 Å². The quantitative estimate of drug-likeness (QED) is 0.825. The van der Waals surface area contributed by atoms with Gasteiger partial charge in [-0.15, -0.1) is 0 Å². The molecule has 1 aliphatic heterocycles. The number of hydrogen-bond acceptors (Lipinski definition) is 4. The first kappa shape index (κ1) is 17.5. The number of hydrogen-bond donors (Lipinski definition) is 0. The number of piperidine rings is 1. The Bertz CT molecular complexity index is 704. The van der Waals surface area contributed by atoms with Crippen LogP contribution in [0.15, 0.2) is 18.2 Å². The highest BCUT2D eigenvalue weighted by Gasteiger charge is 2.42. The molecule has 2 heterocycles. The zero-order chi connectivity index (χ0) is 17.5. The van der Waals surface area contributed by atoms with Gasteiger partial charge in [0.2, 0.25) is 10.0 Å². The number of likely N-dealkylation sites (N-methyl/N-ethyl adjacent to an activating group) is 1. The second-order valence-corrected chi connectivity index (χ2v) is 8.65. The van der Waals surface area contributed by atoms with Gasteiger partial charge in [0.25, 0.3) is 0 Å². The molecule has 0 N–H and O–H groups in total. The zero-order valence-electron chi connectivity index (χ0n) is 13.3. The molecule has 134 valence electrons. The summed E-state index contributed by atoms with van der Waals surface area (Å²) in [5.74, 6) is 0.242. The third-order valence-electron chi connectivity index (χ3n) is 4.61. The van der Waals surface area contributed by atoms with E-state index in [4.69, 9.17) is 0 Å². The molecule has 0 radical (unpaired) electrons. The first-order valence-electron chi connectivity index (χ1n) is 7.95. The summed E-state index contributed by atoms with van der Waals surface area (Å²) in [6, 6.07) is 3.57. The number of aromatic nitrogens is 1. The van der Waals surface area contributed by atoms with Crippen molar-refractivity contribution >= 4 is 15.8 Å². The van der Waals surface area contributed by atoms with E-state index in [0.717, 1.165) is 6.07 Å². The van der Waals surface area contributed by atoms with Crippen LogP contribution in [0, 0.1) is 0 Å². The molecule has 0 spiro atoms. The summed E-state index contributed by atoms with van der Waals surface area (Å²) in [4.78, 5) is 5.44. The Morgan fingerprint density at radius 3 is 2.58 bits per heavy atom. The molecular weight excluding hydrogens is 343 g/mol. The molecule has 1 aromatic heterocycles. The van der Waals surface area contributed by atoms with Crippen molar-refractivity contribution in [3.05, 3.63) is 23.9 Å². The van der Waals surface area contributed by atoms with Crippen molar-refractivity contribution in [3.63, 3.8) is 0 Å². The third-order valence-corrected chi connectivity index (χ3v) is 7.02. The van der Waals surface area contributed by atoms with Crippen LogP contribution in [0.25, 0.3) is 0 Å². The molecule has 1 saturated carbocycles. The van der Waals surface area contributed by atoms with Gasteiger partial charge in [-0.05, 0) is 37.8 Å². The predicted molar refractivity (Wildman–Crippen MR) is 84.2 cm³/mol. The lowest BCUT2D eigenvalue weighted by Gasteiger charge is -2.37. The van der Waals surface area contributed by atoms with Gasteiger partial charge in [-0.1, -0.05) is 6.07 Å². The highest BCUT2D eigenvalue weighted by molar-refractivity contribution is 7.90. The van der Waals surface area contributed by atoms with Crippen LogP contribution in [-0.4, -0.2) is 49.1 Å². The minimum absolute atomic E-state index is 0.235. The fourth-order valence-electron chi connectivity index (χ4n) is 3.03. The molecule has 1 aromatic rings. The average Bonchev–Trinajstić information content (AvgIpc) is 3.39. The van der Waals surface area contributed by atoms with Crippen LogP contribution >= 0.6 is 0 Å². The van der Waals surface area contributed by atoms with Crippen LogP contribution in [-0.2, 0) is 16.2 Å². The van der Waals surface area contributed by atoms with Crippen molar-refractivity contribution in [3.8, 4) is 0 Å². The maximum absolute atomic E-state index is 12.8. The van der Waals surface area contributed by atoms with E-state index in [9.17, 15) is 21.6 Å². The lowest BCUT2D eigenvalue weighted by Crippen LogP contribution is -2.49. The SMILES string of the molecule is CN(C1CCCN(c2cccc(C(F)(F)F)n2)C1)S(=O)(=O)C1CC1. The Morgan fingerprint density at radius 1 is 1.25 bits per heavy atom. The fraction of sp³-hybridized carbons (Fsp3) is 0.667. The van der Waals surface area contributed by atoms with E-state index in [2.05, 4.69) is 4.98 Å². The fourth-order valence-corrected chi connectivity index (χ4v) is 4.82. The van der Waals surface area contributed by atoms with E-state index in [1.54, 1.807) is 11.9 Å². The molecule has 2 fully saturated rings. The summed E-state index contributed by atoms with van der Waals surface area (Å²) >= 11 is 0. The van der Waals surface area contributed by atoms with Crippen LogP contribution in [0.4, 0.5) is 19.0 Å². The normalized spacial score (nSPS) is 22.9. The van der Waals surface area contributed by atoms with Gasteiger partial charge in [0.15, 0.2) is 0 Å². The van der Waals surface area contributed by atoms with Gasteiger partial charge in [0.1, 0.15) is 11.5 Å².